The highest BCUT2D eigenvalue weighted by Gasteiger charge is 2.16. The number of aldehydes is 2. The lowest BCUT2D eigenvalue weighted by atomic mass is 10.00. The highest BCUT2D eigenvalue weighted by Crippen LogP contribution is 2.21. The molecule has 0 saturated heterocycles. The van der Waals surface area contributed by atoms with Crippen LogP contribution < -0.4 is 45.0 Å². The lowest BCUT2D eigenvalue weighted by Gasteiger charge is -2.12. The van der Waals surface area contributed by atoms with Gasteiger partial charge in [-0.2, -0.15) is 19.8 Å². The van der Waals surface area contributed by atoms with Crippen LogP contribution in [0.25, 0.3) is 0 Å². The summed E-state index contributed by atoms with van der Waals surface area (Å²) in [6.07, 6.45) is 2.55. The standard InChI is InChI=1S/C22H23N7O4.C5H7N5O.CH4O/c1-25-17-7-5-13(10-15(17)12-30)2-3-14-4-6-16(22(32)33)19(11-14)26-21(31)18-8-9-20(27-23)29(24)28-18;6-8-5-2-1-4(3-11)9-10(5)7;1-2/h4-12,25H,2-3,23-24H2,1H3,(H,26,31)(H,32,33);1-3H,6-7H2;2H,1H3/b27-20-;8-5-;. The number of aliphatic hydroxyl groups excluding tert-OH is 1. The van der Waals surface area contributed by atoms with Gasteiger partial charge in [-0.25, -0.2) is 4.79 Å². The maximum absolute atomic E-state index is 12.6. The summed E-state index contributed by atoms with van der Waals surface area (Å²) in [5.41, 5.74) is 3.76. The van der Waals surface area contributed by atoms with Crippen molar-refractivity contribution in [2.24, 2.45) is 21.9 Å². The molecule has 0 aliphatic carbocycles. The number of nitrogens with one attached hydrogen (secondary N) is 2. The number of hydrogen-bond donors (Lipinski definition) is 8. The molecule has 242 valence electrons. The van der Waals surface area contributed by atoms with Crippen molar-refractivity contribution >= 4 is 35.8 Å². The van der Waals surface area contributed by atoms with E-state index in [0.29, 0.717) is 30.2 Å². The van der Waals surface area contributed by atoms with Crippen LogP contribution >= 0.6 is 0 Å². The minimum atomic E-state index is -1.19. The smallest absolute Gasteiger partial charge is 0.337 e. The second kappa shape index (κ2) is 17.5. The summed E-state index contributed by atoms with van der Waals surface area (Å²) in [4.78, 5) is 47.5. The number of hydrogen-bond acceptors (Lipinski definition) is 14. The van der Waals surface area contributed by atoms with Crippen molar-refractivity contribution in [2.45, 2.75) is 12.8 Å². The molecule has 2 aromatic carbocycles. The van der Waals surface area contributed by atoms with Crippen LogP contribution in [0.15, 0.2) is 70.9 Å². The Bertz CT molecular complexity index is 1830. The molecule has 0 atom stereocenters. The predicted octanol–water partition coefficient (Wildman–Crippen LogP) is -1.25. The monoisotopic (exact) mass is 634 g/mol. The van der Waals surface area contributed by atoms with E-state index < -0.39 is 11.9 Å². The molecule has 0 saturated carbocycles. The van der Waals surface area contributed by atoms with E-state index in [1.165, 1.54) is 30.3 Å². The molecular formula is C28H34N12O6. The van der Waals surface area contributed by atoms with Gasteiger partial charge in [-0.3, -0.25) is 14.4 Å². The van der Waals surface area contributed by atoms with E-state index in [9.17, 15) is 24.3 Å². The largest absolute Gasteiger partial charge is 0.478 e. The molecule has 12 N–H and O–H groups in total. The average Bonchev–Trinajstić information content (AvgIpc) is 3.08. The van der Waals surface area contributed by atoms with E-state index in [-0.39, 0.29) is 28.1 Å². The van der Waals surface area contributed by atoms with Crippen LogP contribution in [-0.4, -0.2) is 68.6 Å². The number of rotatable bonds is 9. The van der Waals surface area contributed by atoms with E-state index >= 15 is 0 Å². The van der Waals surface area contributed by atoms with Crippen LogP contribution in [-0.2, 0) is 12.8 Å². The average molecular weight is 635 g/mol. The molecule has 2 heterocycles. The number of aromatic nitrogens is 4. The zero-order valence-corrected chi connectivity index (χ0v) is 24.9. The maximum atomic E-state index is 12.6. The van der Waals surface area contributed by atoms with Gasteiger partial charge >= 0.3 is 5.97 Å². The highest BCUT2D eigenvalue weighted by atomic mass is 16.4. The number of nitrogens with zero attached hydrogens (tertiary/aromatic N) is 6. The van der Waals surface area contributed by atoms with Gasteiger partial charge in [0.2, 0.25) is 0 Å². The van der Waals surface area contributed by atoms with E-state index in [2.05, 4.69) is 31.0 Å². The number of anilines is 2. The summed E-state index contributed by atoms with van der Waals surface area (Å²) >= 11 is 0. The molecule has 0 aliphatic rings. The summed E-state index contributed by atoms with van der Waals surface area (Å²) in [6.45, 7) is 0. The quantitative estimate of drug-likeness (QED) is 0.0607. The first-order valence-electron chi connectivity index (χ1n) is 13.2. The minimum absolute atomic E-state index is 0.0438. The molecule has 0 fully saturated rings. The first-order valence-corrected chi connectivity index (χ1v) is 13.2. The summed E-state index contributed by atoms with van der Waals surface area (Å²) in [5, 5.41) is 36.3. The Morgan fingerprint density at radius 1 is 0.826 bits per heavy atom. The molecule has 0 unspecified atom stereocenters. The van der Waals surface area contributed by atoms with E-state index in [1.807, 2.05) is 12.1 Å². The van der Waals surface area contributed by atoms with Crippen LogP contribution in [0.4, 0.5) is 11.4 Å². The molecule has 0 spiro atoms. The second-order valence-electron chi connectivity index (χ2n) is 8.89. The third-order valence-electron chi connectivity index (χ3n) is 6.10. The third kappa shape index (κ3) is 9.47. The summed E-state index contributed by atoms with van der Waals surface area (Å²) < 4.78 is 0. The number of nitrogen functional groups attached to an aromatic ring is 2. The normalized spacial score (nSPS) is 10.8. The first kappa shape index (κ1) is 35.6. The van der Waals surface area contributed by atoms with Gasteiger partial charge in [0, 0.05) is 25.4 Å². The number of carbonyl (C=O) groups excluding carboxylic acids is 3. The van der Waals surface area contributed by atoms with Gasteiger partial charge in [-0.15, -0.1) is 10.2 Å². The fourth-order valence-electron chi connectivity index (χ4n) is 3.87. The molecule has 1 amide bonds. The Morgan fingerprint density at radius 2 is 1.41 bits per heavy atom. The zero-order chi connectivity index (χ0) is 34.2. The van der Waals surface area contributed by atoms with Gasteiger partial charge in [-0.1, -0.05) is 12.1 Å². The van der Waals surface area contributed by atoms with Crippen LogP contribution in [0.3, 0.4) is 0 Å². The maximum Gasteiger partial charge on any atom is 0.337 e. The molecule has 18 nitrogen and oxygen atoms in total. The lowest BCUT2D eigenvalue weighted by Crippen LogP contribution is -2.33. The van der Waals surface area contributed by atoms with Gasteiger partial charge in [0.15, 0.2) is 29.2 Å². The number of carbonyl (C=O) groups is 4. The summed E-state index contributed by atoms with van der Waals surface area (Å²) in [7, 11) is 2.74. The lowest BCUT2D eigenvalue weighted by molar-refractivity contribution is 0.0697. The zero-order valence-electron chi connectivity index (χ0n) is 24.9. The van der Waals surface area contributed by atoms with Crippen LogP contribution in [0.1, 0.15) is 52.8 Å². The van der Waals surface area contributed by atoms with Gasteiger partial charge in [-0.05, 0) is 72.5 Å². The molecule has 0 radical (unpaired) electrons. The number of carboxylic acid groups (broad SMARTS) is 1. The highest BCUT2D eigenvalue weighted by molar-refractivity contribution is 6.06. The van der Waals surface area contributed by atoms with Gasteiger partial charge in [0.05, 0.1) is 11.3 Å². The third-order valence-corrected chi connectivity index (χ3v) is 6.10. The Kier molecular flexibility index (Phi) is 13.6. The molecule has 4 aromatic rings. The van der Waals surface area contributed by atoms with Crippen molar-refractivity contribution in [1.82, 2.24) is 19.8 Å². The van der Waals surface area contributed by atoms with Crippen LogP contribution in [0, 0.1) is 0 Å². The van der Waals surface area contributed by atoms with Crippen molar-refractivity contribution in [3.63, 3.8) is 0 Å². The van der Waals surface area contributed by atoms with Gasteiger partial charge in [0.1, 0.15) is 5.69 Å². The number of aromatic carboxylic acids is 1. The molecule has 18 heteroatoms. The molecule has 46 heavy (non-hydrogen) atoms. The molecular weight excluding hydrogens is 600 g/mol. The number of aliphatic hydroxyl groups is 1. The van der Waals surface area contributed by atoms with Gasteiger partial charge in [0.25, 0.3) is 5.91 Å². The van der Waals surface area contributed by atoms with Crippen molar-refractivity contribution in [2.75, 3.05) is 36.5 Å². The number of aryl methyl sites for hydroxylation is 2. The summed E-state index contributed by atoms with van der Waals surface area (Å²) in [6, 6.07) is 16.0. The Morgan fingerprint density at radius 3 is 1.93 bits per heavy atom. The minimum Gasteiger partial charge on any atom is -0.478 e. The number of benzene rings is 2. The van der Waals surface area contributed by atoms with E-state index in [1.54, 1.807) is 25.2 Å². The number of nitrogens with two attached hydrogens (primary N) is 4. The molecule has 4 rings (SSSR count). The Balaban J connectivity index is 0.000000475. The Hall–Kier alpha value is -6.56. The fourth-order valence-corrected chi connectivity index (χ4v) is 3.87. The second-order valence-corrected chi connectivity index (χ2v) is 8.89. The molecule has 2 aromatic heterocycles. The van der Waals surface area contributed by atoms with Gasteiger partial charge < -0.3 is 44.2 Å². The molecule has 0 bridgehead atoms. The summed E-state index contributed by atoms with van der Waals surface area (Å²) in [5.74, 6) is 19.2. The van der Waals surface area contributed by atoms with Crippen molar-refractivity contribution in [3.05, 3.63) is 105 Å². The predicted molar refractivity (Wildman–Crippen MR) is 168 cm³/mol. The van der Waals surface area contributed by atoms with Crippen molar-refractivity contribution < 1.29 is 29.4 Å². The van der Waals surface area contributed by atoms with Crippen LogP contribution in [0.5, 0.6) is 0 Å². The first-order chi connectivity index (χ1) is 22.1. The molecule has 0 aliphatic heterocycles. The van der Waals surface area contributed by atoms with Crippen molar-refractivity contribution in [3.8, 4) is 0 Å². The van der Waals surface area contributed by atoms with Crippen molar-refractivity contribution in [1.29, 1.82) is 0 Å². The SMILES string of the molecule is CNc1ccc(CCc2ccc(C(=O)O)c(NC(=O)c3cc/c(=N/N)n(N)n3)c2)cc1C=O.CO.N/N=c1/ccc(C=O)nn1N. The fraction of sp³-hybridized carbons (Fsp3) is 0.143. The number of carboxylic acids is 1. The van der Waals surface area contributed by atoms with E-state index in [4.69, 9.17) is 28.5 Å². The van der Waals surface area contributed by atoms with E-state index in [0.717, 1.165) is 39.8 Å². The van der Waals surface area contributed by atoms with Crippen LogP contribution in [0.2, 0.25) is 0 Å². The number of amides is 1. The Labute approximate surface area is 261 Å². The topological polar surface area (TPSA) is 297 Å².